The Morgan fingerprint density at radius 1 is 1.43 bits per heavy atom. The van der Waals surface area contributed by atoms with Crippen molar-refractivity contribution in [3.63, 3.8) is 0 Å². The van der Waals surface area contributed by atoms with Crippen molar-refractivity contribution in [3.05, 3.63) is 12.2 Å². The lowest BCUT2D eigenvalue weighted by molar-refractivity contribution is -0.139. The molecular weight excluding hydrogens is 196 g/mol. The van der Waals surface area contributed by atoms with Crippen molar-refractivity contribution >= 4 is 17.7 Å². The van der Waals surface area contributed by atoms with Crippen LogP contribution < -0.4 is 0 Å². The lowest BCUT2D eigenvalue weighted by Gasteiger charge is -2.19. The number of esters is 1. The number of hydrogen-bond donors (Lipinski definition) is 0. The van der Waals surface area contributed by atoms with E-state index in [2.05, 4.69) is 10.8 Å². The van der Waals surface area contributed by atoms with Crippen LogP contribution in [0.15, 0.2) is 12.2 Å². The molecule has 0 radical (unpaired) electrons. The molecule has 3 heteroatoms. The molecule has 0 atom stereocenters. The van der Waals surface area contributed by atoms with Crippen LogP contribution in [0, 0.1) is 5.92 Å². The zero-order chi connectivity index (χ0) is 10.2. The Hall–Kier alpha value is -0.440. The average molecular weight is 214 g/mol. The average Bonchev–Trinajstić information content (AvgIpc) is 2.25. The van der Waals surface area contributed by atoms with Gasteiger partial charge in [-0.3, -0.25) is 4.79 Å². The Morgan fingerprint density at radius 3 is 2.79 bits per heavy atom. The maximum Gasteiger partial charge on any atom is 0.309 e. The molecule has 0 N–H and O–H groups in total. The smallest absolute Gasteiger partial charge is 0.309 e. The van der Waals surface area contributed by atoms with Crippen molar-refractivity contribution in [2.45, 2.75) is 25.7 Å². The van der Waals surface area contributed by atoms with Gasteiger partial charge in [-0.05, 0) is 36.7 Å². The van der Waals surface area contributed by atoms with Crippen molar-refractivity contribution in [2.24, 2.45) is 5.92 Å². The van der Waals surface area contributed by atoms with E-state index >= 15 is 0 Å². The molecular formula is C11H18O2S. The monoisotopic (exact) mass is 214 g/mol. The van der Waals surface area contributed by atoms with Crippen molar-refractivity contribution in [3.8, 4) is 0 Å². The topological polar surface area (TPSA) is 26.3 Å². The van der Waals surface area contributed by atoms with Crippen molar-refractivity contribution < 1.29 is 9.53 Å². The molecule has 0 spiro atoms. The first kappa shape index (κ1) is 11.6. The maximum atomic E-state index is 10.8. The molecule has 0 amide bonds. The number of rotatable bonds is 4. The number of methoxy groups -OCH3 is 1. The van der Waals surface area contributed by atoms with E-state index in [1.807, 2.05) is 17.8 Å². The van der Waals surface area contributed by atoms with Crippen molar-refractivity contribution in [1.82, 2.24) is 0 Å². The molecule has 0 saturated carbocycles. The number of hydrogen-bond acceptors (Lipinski definition) is 3. The number of ether oxygens (including phenoxy) is 1. The Morgan fingerprint density at radius 2 is 2.14 bits per heavy atom. The van der Waals surface area contributed by atoms with Crippen LogP contribution in [0.25, 0.3) is 0 Å². The summed E-state index contributed by atoms with van der Waals surface area (Å²) in [6.45, 7) is 0. The first-order valence-electron chi connectivity index (χ1n) is 5.12. The van der Waals surface area contributed by atoms with Crippen molar-refractivity contribution in [1.29, 1.82) is 0 Å². The first-order valence-corrected chi connectivity index (χ1v) is 6.28. The van der Waals surface area contributed by atoms with Gasteiger partial charge in [-0.25, -0.2) is 0 Å². The van der Waals surface area contributed by atoms with Gasteiger partial charge in [-0.15, -0.1) is 0 Å². The molecule has 1 heterocycles. The molecule has 0 aromatic rings. The summed E-state index contributed by atoms with van der Waals surface area (Å²) in [5.74, 6) is 3.29. The largest absolute Gasteiger partial charge is 0.469 e. The first-order chi connectivity index (χ1) is 6.83. The third-order valence-corrected chi connectivity index (χ3v) is 3.54. The van der Waals surface area contributed by atoms with Crippen LogP contribution >= 0.6 is 11.8 Å². The van der Waals surface area contributed by atoms with E-state index in [1.165, 1.54) is 31.5 Å². The molecule has 14 heavy (non-hydrogen) atoms. The second kappa shape index (κ2) is 6.93. The predicted molar refractivity (Wildman–Crippen MR) is 60.4 cm³/mol. The minimum absolute atomic E-state index is 0.152. The molecule has 1 aliphatic rings. The van der Waals surface area contributed by atoms with E-state index in [0.29, 0.717) is 6.42 Å². The molecule has 1 rings (SSSR count). The second-order valence-corrected chi connectivity index (χ2v) is 4.77. The summed E-state index contributed by atoms with van der Waals surface area (Å²) >= 11 is 2.05. The molecule has 0 aliphatic carbocycles. The van der Waals surface area contributed by atoms with Gasteiger partial charge in [0.2, 0.25) is 0 Å². The highest BCUT2D eigenvalue weighted by atomic mass is 32.2. The summed E-state index contributed by atoms with van der Waals surface area (Å²) in [4.78, 5) is 10.8. The molecule has 0 bridgehead atoms. The van der Waals surface area contributed by atoms with Gasteiger partial charge in [-0.1, -0.05) is 12.2 Å². The van der Waals surface area contributed by atoms with Crippen LogP contribution in [0.1, 0.15) is 25.7 Å². The quantitative estimate of drug-likeness (QED) is 0.531. The zero-order valence-corrected chi connectivity index (χ0v) is 9.52. The normalized spacial score (nSPS) is 18.6. The number of allylic oxidation sites excluding steroid dienone is 1. The lowest BCUT2D eigenvalue weighted by atomic mass is 9.99. The number of carbonyl (C=O) groups is 1. The molecule has 80 valence electrons. The van der Waals surface area contributed by atoms with E-state index in [1.54, 1.807) is 0 Å². The van der Waals surface area contributed by atoms with Crippen molar-refractivity contribution in [2.75, 3.05) is 18.6 Å². The summed E-state index contributed by atoms with van der Waals surface area (Å²) < 4.78 is 4.55. The maximum absolute atomic E-state index is 10.8. The van der Waals surface area contributed by atoms with Gasteiger partial charge >= 0.3 is 5.97 Å². The third-order valence-electron chi connectivity index (χ3n) is 2.49. The van der Waals surface area contributed by atoms with E-state index in [-0.39, 0.29) is 5.97 Å². The number of thioether (sulfide) groups is 1. The minimum Gasteiger partial charge on any atom is -0.469 e. The molecule has 0 aromatic carbocycles. The number of carbonyl (C=O) groups excluding carboxylic acids is 1. The fourth-order valence-corrected chi connectivity index (χ4v) is 2.74. The standard InChI is InChI=1S/C11H18O2S/c1-13-11(12)5-3-2-4-10-6-8-14-9-7-10/h2-3,10H,4-9H2,1H3/b3-2-. The van der Waals surface area contributed by atoms with E-state index in [4.69, 9.17) is 0 Å². The van der Waals surface area contributed by atoms with Crippen LogP contribution in [0.3, 0.4) is 0 Å². The van der Waals surface area contributed by atoms with Gasteiger partial charge in [-0.2, -0.15) is 11.8 Å². The summed E-state index contributed by atoms with van der Waals surface area (Å²) in [6.07, 6.45) is 8.24. The highest BCUT2D eigenvalue weighted by Crippen LogP contribution is 2.25. The Bertz CT molecular complexity index is 195. The highest BCUT2D eigenvalue weighted by Gasteiger charge is 2.11. The Labute approximate surface area is 90.1 Å². The van der Waals surface area contributed by atoms with Crippen LogP contribution in [0.5, 0.6) is 0 Å². The highest BCUT2D eigenvalue weighted by molar-refractivity contribution is 7.99. The van der Waals surface area contributed by atoms with Gasteiger partial charge in [0, 0.05) is 0 Å². The van der Waals surface area contributed by atoms with Gasteiger partial charge in [0.1, 0.15) is 0 Å². The molecule has 1 aliphatic heterocycles. The summed E-state index contributed by atoms with van der Waals surface area (Å²) in [5.41, 5.74) is 0. The Kier molecular flexibility index (Phi) is 5.76. The molecule has 2 nitrogen and oxygen atoms in total. The van der Waals surface area contributed by atoms with Gasteiger partial charge in [0.15, 0.2) is 0 Å². The Balaban J connectivity index is 2.09. The van der Waals surface area contributed by atoms with Crippen LogP contribution in [-0.2, 0) is 9.53 Å². The van der Waals surface area contributed by atoms with Crippen LogP contribution in [-0.4, -0.2) is 24.6 Å². The predicted octanol–water partition coefficient (Wildman–Crippen LogP) is 2.64. The summed E-state index contributed by atoms with van der Waals surface area (Å²) in [6, 6.07) is 0. The summed E-state index contributed by atoms with van der Waals surface area (Å²) in [5, 5.41) is 0. The fourth-order valence-electron chi connectivity index (χ4n) is 1.53. The zero-order valence-electron chi connectivity index (χ0n) is 8.70. The third kappa shape index (κ3) is 4.70. The van der Waals surface area contributed by atoms with Gasteiger partial charge < -0.3 is 4.74 Å². The van der Waals surface area contributed by atoms with Crippen LogP contribution in [0.4, 0.5) is 0 Å². The second-order valence-electron chi connectivity index (χ2n) is 3.54. The van der Waals surface area contributed by atoms with Gasteiger partial charge in [0.05, 0.1) is 13.5 Å². The SMILES string of the molecule is COC(=O)C/C=C\CC1CCSCC1. The van der Waals surface area contributed by atoms with Crippen LogP contribution in [0.2, 0.25) is 0 Å². The van der Waals surface area contributed by atoms with E-state index < -0.39 is 0 Å². The van der Waals surface area contributed by atoms with Gasteiger partial charge in [0.25, 0.3) is 0 Å². The van der Waals surface area contributed by atoms with E-state index in [9.17, 15) is 4.79 Å². The molecule has 1 fully saturated rings. The van der Waals surface area contributed by atoms with E-state index in [0.717, 1.165) is 12.3 Å². The summed E-state index contributed by atoms with van der Waals surface area (Å²) in [7, 11) is 1.43. The molecule has 0 unspecified atom stereocenters. The lowest BCUT2D eigenvalue weighted by Crippen LogP contribution is -2.08. The minimum atomic E-state index is -0.152. The fraction of sp³-hybridized carbons (Fsp3) is 0.727. The molecule has 0 aromatic heterocycles. The molecule has 1 saturated heterocycles.